The lowest BCUT2D eigenvalue weighted by molar-refractivity contribution is 0.0140. The van der Waals surface area contributed by atoms with Gasteiger partial charge in [-0.15, -0.1) is 0 Å². The van der Waals surface area contributed by atoms with Gasteiger partial charge in [-0.2, -0.15) is 0 Å². The van der Waals surface area contributed by atoms with Gasteiger partial charge in [-0.05, 0) is 57.4 Å². The van der Waals surface area contributed by atoms with E-state index in [4.69, 9.17) is 9.15 Å². The maximum atomic E-state index is 6.10. The van der Waals surface area contributed by atoms with Crippen molar-refractivity contribution in [3.8, 4) is 0 Å². The third-order valence-electron chi connectivity index (χ3n) is 4.20. The molecule has 2 atom stereocenters. The van der Waals surface area contributed by atoms with E-state index in [9.17, 15) is 0 Å². The molecule has 1 aromatic carbocycles. The fraction of sp³-hybridized carbons (Fsp3) is 0.556. The maximum Gasteiger partial charge on any atom is 0.134 e. The molecule has 0 spiro atoms. The van der Waals surface area contributed by atoms with Crippen LogP contribution in [-0.4, -0.2) is 19.3 Å². The lowest BCUT2D eigenvalue weighted by Crippen LogP contribution is -2.35. The van der Waals surface area contributed by atoms with Crippen molar-refractivity contribution in [3.05, 3.63) is 35.6 Å². The third kappa shape index (κ3) is 3.14. The highest BCUT2D eigenvalue weighted by atomic mass is 16.5. The van der Waals surface area contributed by atoms with Gasteiger partial charge in [-0.25, -0.2) is 0 Å². The van der Waals surface area contributed by atoms with Crippen LogP contribution in [0.25, 0.3) is 11.0 Å². The van der Waals surface area contributed by atoms with Crippen LogP contribution < -0.4 is 5.32 Å². The summed E-state index contributed by atoms with van der Waals surface area (Å²) in [6.45, 7) is 7.98. The minimum Gasteiger partial charge on any atom is -0.459 e. The summed E-state index contributed by atoms with van der Waals surface area (Å²) in [5.74, 6) is 1.67. The fourth-order valence-electron chi connectivity index (χ4n) is 3.06. The van der Waals surface area contributed by atoms with E-state index >= 15 is 0 Å². The number of likely N-dealkylation sites (N-methyl/N-ethyl adjacent to an activating group) is 1. The van der Waals surface area contributed by atoms with Crippen LogP contribution in [-0.2, 0) is 4.74 Å². The Kier molecular flexibility index (Phi) is 4.32. The maximum absolute atomic E-state index is 6.10. The van der Waals surface area contributed by atoms with Crippen molar-refractivity contribution in [1.29, 1.82) is 0 Å². The second kappa shape index (κ2) is 6.20. The van der Waals surface area contributed by atoms with Gasteiger partial charge in [0.25, 0.3) is 0 Å². The number of hydrogen-bond acceptors (Lipinski definition) is 3. The van der Waals surface area contributed by atoms with Crippen molar-refractivity contribution < 1.29 is 9.15 Å². The minimum absolute atomic E-state index is 0.148. The Labute approximate surface area is 126 Å². The molecule has 0 saturated heterocycles. The number of benzene rings is 1. The Bertz CT molecular complexity index is 600. The standard InChI is InChI=1S/C18H25NO2/c1-4-19-17(18(20-5-2)13-7-8-13)16-11-14-10-12(3)6-9-15(14)21-16/h6,9-11,13,17-19H,4-5,7-8H2,1-3H3. The van der Waals surface area contributed by atoms with E-state index in [-0.39, 0.29) is 12.1 Å². The molecule has 2 aromatic rings. The second-order valence-electron chi connectivity index (χ2n) is 5.98. The van der Waals surface area contributed by atoms with Crippen LogP contribution in [0.5, 0.6) is 0 Å². The van der Waals surface area contributed by atoms with E-state index < -0.39 is 0 Å². The number of fused-ring (bicyclic) bond motifs is 1. The van der Waals surface area contributed by atoms with Crippen molar-refractivity contribution in [2.45, 2.75) is 45.8 Å². The first-order valence-electron chi connectivity index (χ1n) is 8.08. The predicted octanol–water partition coefficient (Wildman–Crippen LogP) is 4.21. The smallest absolute Gasteiger partial charge is 0.134 e. The monoisotopic (exact) mass is 287 g/mol. The Morgan fingerprint density at radius 1 is 1.29 bits per heavy atom. The van der Waals surface area contributed by atoms with E-state index in [1.165, 1.54) is 23.8 Å². The van der Waals surface area contributed by atoms with E-state index in [1.54, 1.807) is 0 Å². The number of hydrogen-bond donors (Lipinski definition) is 1. The second-order valence-corrected chi connectivity index (χ2v) is 5.98. The normalized spacial score (nSPS) is 18.0. The third-order valence-corrected chi connectivity index (χ3v) is 4.20. The summed E-state index contributed by atoms with van der Waals surface area (Å²) in [5.41, 5.74) is 2.22. The topological polar surface area (TPSA) is 34.4 Å². The molecule has 1 heterocycles. The number of ether oxygens (including phenoxy) is 1. The van der Waals surface area contributed by atoms with Crippen molar-refractivity contribution in [1.82, 2.24) is 5.32 Å². The molecule has 1 fully saturated rings. The molecule has 3 rings (SSSR count). The first-order chi connectivity index (χ1) is 10.2. The first kappa shape index (κ1) is 14.6. The fourth-order valence-corrected chi connectivity index (χ4v) is 3.06. The Morgan fingerprint density at radius 3 is 2.76 bits per heavy atom. The van der Waals surface area contributed by atoms with Crippen molar-refractivity contribution in [2.24, 2.45) is 5.92 Å². The molecule has 3 heteroatoms. The molecular weight excluding hydrogens is 262 g/mol. The van der Waals surface area contributed by atoms with Crippen LogP contribution in [0.3, 0.4) is 0 Å². The first-order valence-corrected chi connectivity index (χ1v) is 8.08. The lowest BCUT2D eigenvalue weighted by atomic mass is 10.0. The zero-order valence-corrected chi connectivity index (χ0v) is 13.2. The Morgan fingerprint density at radius 2 is 2.10 bits per heavy atom. The molecule has 1 N–H and O–H groups in total. The van der Waals surface area contributed by atoms with Gasteiger partial charge in [0, 0.05) is 12.0 Å². The minimum atomic E-state index is 0.148. The average Bonchev–Trinajstić information content (AvgIpc) is 3.22. The lowest BCUT2D eigenvalue weighted by Gasteiger charge is -2.26. The summed E-state index contributed by atoms with van der Waals surface area (Å²) in [4.78, 5) is 0. The Hall–Kier alpha value is -1.32. The largest absolute Gasteiger partial charge is 0.459 e. The summed E-state index contributed by atoms with van der Waals surface area (Å²) in [6.07, 6.45) is 2.76. The van der Waals surface area contributed by atoms with Crippen LogP contribution in [0.4, 0.5) is 0 Å². The van der Waals surface area contributed by atoms with Gasteiger partial charge in [-0.3, -0.25) is 0 Å². The van der Waals surface area contributed by atoms with E-state index in [0.29, 0.717) is 5.92 Å². The summed E-state index contributed by atoms with van der Waals surface area (Å²) in [5, 5.41) is 4.74. The molecule has 1 aliphatic rings. The quantitative estimate of drug-likeness (QED) is 0.828. The van der Waals surface area contributed by atoms with Crippen LogP contribution in [0.1, 0.15) is 44.1 Å². The highest BCUT2D eigenvalue weighted by Crippen LogP contribution is 2.41. The molecule has 0 bridgehead atoms. The average molecular weight is 287 g/mol. The number of aryl methyl sites for hydroxylation is 1. The SMILES string of the molecule is CCNC(c1cc2cc(C)ccc2o1)C(OCC)C1CC1. The highest BCUT2D eigenvalue weighted by molar-refractivity contribution is 5.78. The van der Waals surface area contributed by atoms with E-state index in [0.717, 1.165) is 24.5 Å². The van der Waals surface area contributed by atoms with Crippen molar-refractivity contribution in [2.75, 3.05) is 13.2 Å². The molecule has 1 saturated carbocycles. The molecule has 1 aliphatic carbocycles. The van der Waals surface area contributed by atoms with Crippen molar-refractivity contribution >= 4 is 11.0 Å². The molecule has 2 unspecified atom stereocenters. The Balaban J connectivity index is 1.93. The van der Waals surface area contributed by atoms with Crippen LogP contribution in [0.15, 0.2) is 28.7 Å². The number of rotatable bonds is 7. The van der Waals surface area contributed by atoms with Gasteiger partial charge in [0.15, 0.2) is 0 Å². The summed E-state index contributed by atoms with van der Waals surface area (Å²) in [6, 6.07) is 8.65. The predicted molar refractivity (Wildman–Crippen MR) is 85.5 cm³/mol. The van der Waals surface area contributed by atoms with Gasteiger partial charge in [0.1, 0.15) is 11.3 Å². The van der Waals surface area contributed by atoms with Crippen LogP contribution >= 0.6 is 0 Å². The molecule has 1 aromatic heterocycles. The molecule has 21 heavy (non-hydrogen) atoms. The highest BCUT2D eigenvalue weighted by Gasteiger charge is 2.39. The van der Waals surface area contributed by atoms with Gasteiger partial charge < -0.3 is 14.5 Å². The summed E-state index contributed by atoms with van der Waals surface area (Å²) in [7, 11) is 0. The van der Waals surface area contributed by atoms with Crippen molar-refractivity contribution in [3.63, 3.8) is 0 Å². The van der Waals surface area contributed by atoms with Crippen LogP contribution in [0.2, 0.25) is 0 Å². The molecule has 0 radical (unpaired) electrons. The summed E-state index contributed by atoms with van der Waals surface area (Å²) < 4.78 is 12.1. The van der Waals surface area contributed by atoms with Gasteiger partial charge in [0.05, 0.1) is 12.1 Å². The molecule has 3 nitrogen and oxygen atoms in total. The molecular formula is C18H25NO2. The zero-order valence-electron chi connectivity index (χ0n) is 13.2. The summed E-state index contributed by atoms with van der Waals surface area (Å²) >= 11 is 0. The van der Waals surface area contributed by atoms with Gasteiger partial charge in [-0.1, -0.05) is 18.6 Å². The number of furan rings is 1. The molecule has 0 amide bonds. The van der Waals surface area contributed by atoms with E-state index in [2.05, 4.69) is 50.4 Å². The zero-order chi connectivity index (χ0) is 14.8. The molecule has 114 valence electrons. The van der Waals surface area contributed by atoms with E-state index in [1.807, 2.05) is 0 Å². The van der Waals surface area contributed by atoms with Gasteiger partial charge >= 0.3 is 0 Å². The van der Waals surface area contributed by atoms with Crippen LogP contribution in [0, 0.1) is 12.8 Å². The number of nitrogens with one attached hydrogen (secondary N) is 1. The molecule has 0 aliphatic heterocycles. The van der Waals surface area contributed by atoms with Gasteiger partial charge in [0.2, 0.25) is 0 Å².